The Hall–Kier alpha value is -2.89. The number of hydrogen-bond acceptors (Lipinski definition) is 5. The van der Waals surface area contributed by atoms with Crippen LogP contribution in [0.1, 0.15) is 0 Å². The SMILES string of the molecule is O=S(=O)(Nc1cccc(Cl)c1)c1ccc(O)c(NS(=O)(=O)c2cc(F)ccc2F)c1. The molecule has 0 bridgehead atoms. The van der Waals surface area contributed by atoms with Gasteiger partial charge in [-0.2, -0.15) is 0 Å². The Labute approximate surface area is 176 Å². The molecule has 3 aromatic carbocycles. The Morgan fingerprint density at radius 3 is 2.27 bits per heavy atom. The maximum absolute atomic E-state index is 13.8. The average Bonchev–Trinajstić information content (AvgIpc) is 2.64. The lowest BCUT2D eigenvalue weighted by Crippen LogP contribution is -2.16. The molecule has 0 aliphatic rings. The molecule has 0 amide bonds. The number of benzene rings is 3. The first-order valence-electron chi connectivity index (χ1n) is 8.07. The second-order valence-corrected chi connectivity index (χ2v) is 9.74. The van der Waals surface area contributed by atoms with Crippen LogP contribution in [0.2, 0.25) is 5.02 Å². The molecular weight excluding hydrogens is 462 g/mol. The summed E-state index contributed by atoms with van der Waals surface area (Å²) in [7, 11) is -8.87. The number of hydrogen-bond donors (Lipinski definition) is 3. The normalized spacial score (nSPS) is 11.8. The van der Waals surface area contributed by atoms with Crippen LogP contribution >= 0.6 is 11.6 Å². The van der Waals surface area contributed by atoms with E-state index in [1.165, 1.54) is 18.2 Å². The molecule has 0 saturated heterocycles. The van der Waals surface area contributed by atoms with Crippen LogP contribution in [0.3, 0.4) is 0 Å². The van der Waals surface area contributed by atoms with Crippen LogP contribution in [0, 0.1) is 11.6 Å². The molecule has 0 fully saturated rings. The largest absolute Gasteiger partial charge is 0.506 e. The number of anilines is 2. The van der Waals surface area contributed by atoms with E-state index in [1.807, 2.05) is 4.72 Å². The summed E-state index contributed by atoms with van der Waals surface area (Å²) in [6.45, 7) is 0. The maximum atomic E-state index is 13.8. The van der Waals surface area contributed by atoms with E-state index in [4.69, 9.17) is 11.6 Å². The molecule has 0 spiro atoms. The fourth-order valence-electron chi connectivity index (χ4n) is 2.41. The summed E-state index contributed by atoms with van der Waals surface area (Å²) in [5.74, 6) is -2.85. The Kier molecular flexibility index (Phi) is 5.88. The smallest absolute Gasteiger partial charge is 0.265 e. The molecular formula is C18H13ClF2N2O5S2. The van der Waals surface area contributed by atoms with E-state index >= 15 is 0 Å². The maximum Gasteiger partial charge on any atom is 0.265 e. The molecule has 0 radical (unpaired) electrons. The third-order valence-electron chi connectivity index (χ3n) is 3.78. The van der Waals surface area contributed by atoms with Crippen molar-refractivity contribution in [3.8, 4) is 5.75 Å². The lowest BCUT2D eigenvalue weighted by atomic mass is 10.3. The highest BCUT2D eigenvalue weighted by atomic mass is 35.5. The van der Waals surface area contributed by atoms with Crippen LogP contribution in [0.4, 0.5) is 20.2 Å². The monoisotopic (exact) mass is 474 g/mol. The highest BCUT2D eigenvalue weighted by Gasteiger charge is 2.23. The molecule has 0 saturated carbocycles. The van der Waals surface area contributed by atoms with E-state index in [9.17, 15) is 30.7 Å². The molecule has 0 heterocycles. The number of phenolic OH excluding ortho intramolecular Hbond substituents is 1. The molecule has 0 aliphatic carbocycles. The van der Waals surface area contributed by atoms with E-state index in [0.717, 1.165) is 24.3 Å². The summed E-state index contributed by atoms with van der Waals surface area (Å²) in [6, 6.07) is 10.5. The predicted molar refractivity (Wildman–Crippen MR) is 108 cm³/mol. The molecule has 12 heteroatoms. The zero-order valence-electron chi connectivity index (χ0n) is 14.8. The van der Waals surface area contributed by atoms with Gasteiger partial charge in [-0.3, -0.25) is 9.44 Å². The Bertz CT molecular complexity index is 1330. The van der Waals surface area contributed by atoms with Crippen LogP contribution in [0.25, 0.3) is 0 Å². The number of aromatic hydroxyl groups is 1. The quantitative estimate of drug-likeness (QED) is 0.469. The van der Waals surface area contributed by atoms with Gasteiger partial charge in [0.2, 0.25) is 0 Å². The van der Waals surface area contributed by atoms with Crippen molar-refractivity contribution < 1.29 is 30.7 Å². The minimum atomic E-state index is -4.67. The van der Waals surface area contributed by atoms with Crippen LogP contribution in [-0.2, 0) is 20.0 Å². The fraction of sp³-hybridized carbons (Fsp3) is 0. The summed E-state index contributed by atoms with van der Waals surface area (Å²) in [5.41, 5.74) is -0.396. The van der Waals surface area contributed by atoms with Crippen LogP contribution in [0.5, 0.6) is 5.75 Å². The van der Waals surface area contributed by atoms with Crippen molar-refractivity contribution in [3.05, 3.63) is 77.3 Å². The number of sulfonamides is 2. The first kappa shape index (κ1) is 21.8. The summed E-state index contributed by atoms with van der Waals surface area (Å²) in [4.78, 5) is -1.41. The van der Waals surface area contributed by atoms with Gasteiger partial charge in [0.25, 0.3) is 20.0 Å². The van der Waals surface area contributed by atoms with Gasteiger partial charge in [-0.1, -0.05) is 17.7 Å². The molecule has 30 heavy (non-hydrogen) atoms. The number of halogens is 3. The third kappa shape index (κ3) is 4.81. The summed E-state index contributed by atoms with van der Waals surface area (Å²) >= 11 is 5.82. The molecule has 3 N–H and O–H groups in total. The van der Waals surface area contributed by atoms with E-state index < -0.39 is 52.9 Å². The first-order valence-corrected chi connectivity index (χ1v) is 11.4. The van der Waals surface area contributed by atoms with E-state index in [1.54, 1.807) is 6.07 Å². The Balaban J connectivity index is 1.96. The van der Waals surface area contributed by atoms with E-state index in [0.29, 0.717) is 12.1 Å². The van der Waals surface area contributed by atoms with Crippen LogP contribution < -0.4 is 9.44 Å². The zero-order chi connectivity index (χ0) is 22.1. The van der Waals surface area contributed by atoms with Crippen LogP contribution in [-0.4, -0.2) is 21.9 Å². The molecule has 7 nitrogen and oxygen atoms in total. The number of rotatable bonds is 6. The van der Waals surface area contributed by atoms with E-state index in [2.05, 4.69) is 4.72 Å². The minimum Gasteiger partial charge on any atom is -0.506 e. The van der Waals surface area contributed by atoms with Crippen molar-refractivity contribution in [2.45, 2.75) is 9.79 Å². The van der Waals surface area contributed by atoms with Crippen molar-refractivity contribution in [1.82, 2.24) is 0 Å². The molecule has 3 aromatic rings. The Morgan fingerprint density at radius 2 is 1.57 bits per heavy atom. The van der Waals surface area contributed by atoms with Gasteiger partial charge in [-0.05, 0) is 54.6 Å². The second-order valence-electron chi connectivity index (χ2n) is 5.98. The predicted octanol–water partition coefficient (Wildman–Crippen LogP) is 3.93. The highest BCUT2D eigenvalue weighted by Crippen LogP contribution is 2.30. The number of phenols is 1. The van der Waals surface area contributed by atoms with Gasteiger partial charge >= 0.3 is 0 Å². The van der Waals surface area contributed by atoms with Gasteiger partial charge in [0, 0.05) is 5.02 Å². The summed E-state index contributed by atoms with van der Waals surface area (Å²) in [6.07, 6.45) is 0. The molecule has 0 atom stereocenters. The number of nitrogens with one attached hydrogen (secondary N) is 2. The van der Waals surface area contributed by atoms with Gasteiger partial charge in [0.15, 0.2) is 0 Å². The Morgan fingerprint density at radius 1 is 0.833 bits per heavy atom. The summed E-state index contributed by atoms with van der Waals surface area (Å²) < 4.78 is 81.3. The topological polar surface area (TPSA) is 113 Å². The van der Waals surface area contributed by atoms with Crippen molar-refractivity contribution in [3.63, 3.8) is 0 Å². The lowest BCUT2D eigenvalue weighted by molar-refractivity contribution is 0.477. The minimum absolute atomic E-state index is 0.152. The average molecular weight is 475 g/mol. The van der Waals surface area contributed by atoms with Gasteiger partial charge < -0.3 is 5.11 Å². The van der Waals surface area contributed by atoms with Gasteiger partial charge in [-0.25, -0.2) is 25.6 Å². The first-order chi connectivity index (χ1) is 14.0. The van der Waals surface area contributed by atoms with E-state index in [-0.39, 0.29) is 10.7 Å². The van der Waals surface area contributed by atoms with Crippen molar-refractivity contribution in [1.29, 1.82) is 0 Å². The highest BCUT2D eigenvalue weighted by molar-refractivity contribution is 7.93. The van der Waals surface area contributed by atoms with Crippen LogP contribution in [0.15, 0.2) is 70.5 Å². The van der Waals surface area contributed by atoms with Crippen molar-refractivity contribution in [2.24, 2.45) is 0 Å². The standard InChI is InChI=1S/C18H13ClF2N2O5S2/c19-11-2-1-3-13(8-11)22-29(25,26)14-5-7-17(24)16(10-14)23-30(27,28)18-9-12(20)4-6-15(18)21/h1-10,22-24H. The molecule has 158 valence electrons. The van der Waals surface area contributed by atoms with Crippen molar-refractivity contribution in [2.75, 3.05) is 9.44 Å². The lowest BCUT2D eigenvalue weighted by Gasteiger charge is -2.13. The van der Waals surface area contributed by atoms with Gasteiger partial charge in [0.05, 0.1) is 16.3 Å². The third-order valence-corrected chi connectivity index (χ3v) is 6.78. The molecule has 0 aliphatic heterocycles. The molecule has 0 unspecified atom stereocenters. The second kappa shape index (κ2) is 8.09. The fourth-order valence-corrected chi connectivity index (χ4v) is 4.83. The summed E-state index contributed by atoms with van der Waals surface area (Å²) in [5, 5.41) is 10.2. The van der Waals surface area contributed by atoms with Gasteiger partial charge in [0.1, 0.15) is 22.3 Å². The molecule has 3 rings (SSSR count). The van der Waals surface area contributed by atoms with Gasteiger partial charge in [-0.15, -0.1) is 0 Å². The molecule has 0 aromatic heterocycles. The zero-order valence-corrected chi connectivity index (χ0v) is 17.2. The van der Waals surface area contributed by atoms with Crippen molar-refractivity contribution >= 4 is 43.0 Å².